The number of hydrogen-bond acceptors (Lipinski definition) is 4. The molecule has 0 radical (unpaired) electrons. The van der Waals surface area contributed by atoms with Crippen LogP contribution in [0, 0.1) is 0 Å². The molecule has 0 saturated heterocycles. The van der Waals surface area contributed by atoms with Gasteiger partial charge in [0.25, 0.3) is 0 Å². The van der Waals surface area contributed by atoms with Crippen molar-refractivity contribution in [2.45, 2.75) is 25.4 Å². The Labute approximate surface area is 109 Å². The molecule has 1 aliphatic rings. The lowest BCUT2D eigenvalue weighted by atomic mass is 10.2. The van der Waals surface area contributed by atoms with Gasteiger partial charge in [-0.1, -0.05) is 6.07 Å². The van der Waals surface area contributed by atoms with Crippen LogP contribution in [0.3, 0.4) is 0 Å². The predicted octanol–water partition coefficient (Wildman–Crippen LogP) is 1.58. The quantitative estimate of drug-likeness (QED) is 0.721. The maximum Gasteiger partial charge on any atom is 0.160 e. The first-order valence-electron chi connectivity index (χ1n) is 6.47. The monoisotopic (exact) mass is 250 g/mol. The van der Waals surface area contributed by atoms with Crippen molar-refractivity contribution < 1.29 is 9.84 Å². The largest absolute Gasteiger partial charge is 0.504 e. The number of benzene rings is 1. The molecule has 1 aromatic rings. The minimum atomic E-state index is 0.190. The van der Waals surface area contributed by atoms with Gasteiger partial charge in [0.05, 0.1) is 7.11 Å². The number of phenolic OH excluding ortho intramolecular Hbond substituents is 1. The predicted molar refractivity (Wildman–Crippen MR) is 72.0 cm³/mol. The van der Waals surface area contributed by atoms with Gasteiger partial charge in [-0.2, -0.15) is 0 Å². The lowest BCUT2D eigenvalue weighted by Crippen LogP contribution is -2.30. The molecule has 4 nitrogen and oxygen atoms in total. The molecule has 0 atom stereocenters. The second-order valence-corrected chi connectivity index (χ2v) is 4.89. The van der Waals surface area contributed by atoms with Gasteiger partial charge in [-0.15, -0.1) is 0 Å². The lowest BCUT2D eigenvalue weighted by molar-refractivity contribution is 0.321. The highest BCUT2D eigenvalue weighted by molar-refractivity contribution is 5.41. The summed E-state index contributed by atoms with van der Waals surface area (Å²) in [5.41, 5.74) is 1.12. The molecule has 1 aliphatic carbocycles. The maximum absolute atomic E-state index is 9.50. The van der Waals surface area contributed by atoms with Crippen molar-refractivity contribution in [3.8, 4) is 11.5 Å². The number of ether oxygens (including phenoxy) is 1. The first-order valence-corrected chi connectivity index (χ1v) is 6.47. The summed E-state index contributed by atoms with van der Waals surface area (Å²) >= 11 is 0. The Hall–Kier alpha value is -1.26. The van der Waals surface area contributed by atoms with E-state index < -0.39 is 0 Å². The van der Waals surface area contributed by atoms with Gasteiger partial charge < -0.3 is 20.1 Å². The average molecular weight is 250 g/mol. The van der Waals surface area contributed by atoms with Gasteiger partial charge in [-0.05, 0) is 37.6 Å². The normalized spacial score (nSPS) is 15.1. The number of hydrogen-bond donors (Lipinski definition) is 2. The van der Waals surface area contributed by atoms with E-state index in [4.69, 9.17) is 4.74 Å². The van der Waals surface area contributed by atoms with E-state index >= 15 is 0 Å². The Morgan fingerprint density at radius 3 is 2.89 bits per heavy atom. The van der Waals surface area contributed by atoms with Crippen molar-refractivity contribution in [2.24, 2.45) is 0 Å². The van der Waals surface area contributed by atoms with Crippen LogP contribution in [-0.2, 0) is 6.54 Å². The van der Waals surface area contributed by atoms with Crippen molar-refractivity contribution >= 4 is 0 Å². The molecule has 100 valence electrons. The summed E-state index contributed by atoms with van der Waals surface area (Å²) in [6, 6.07) is 6.27. The molecule has 2 N–H and O–H groups in total. The third-order valence-electron chi connectivity index (χ3n) is 3.38. The van der Waals surface area contributed by atoms with Crippen molar-refractivity contribution in [1.29, 1.82) is 0 Å². The van der Waals surface area contributed by atoms with E-state index in [1.54, 1.807) is 13.2 Å². The van der Waals surface area contributed by atoms with E-state index in [0.717, 1.165) is 31.2 Å². The lowest BCUT2D eigenvalue weighted by Gasteiger charge is -2.15. The van der Waals surface area contributed by atoms with Gasteiger partial charge in [0, 0.05) is 25.7 Å². The summed E-state index contributed by atoms with van der Waals surface area (Å²) in [4.78, 5) is 2.41. The fourth-order valence-corrected chi connectivity index (χ4v) is 2.02. The third kappa shape index (κ3) is 3.62. The van der Waals surface area contributed by atoms with Gasteiger partial charge in [-0.3, -0.25) is 0 Å². The highest BCUT2D eigenvalue weighted by Crippen LogP contribution is 2.26. The van der Waals surface area contributed by atoms with Gasteiger partial charge >= 0.3 is 0 Å². The summed E-state index contributed by atoms with van der Waals surface area (Å²) in [6.45, 7) is 2.87. The number of nitrogens with one attached hydrogen (secondary N) is 1. The second-order valence-electron chi connectivity index (χ2n) is 4.89. The van der Waals surface area contributed by atoms with E-state index in [1.807, 2.05) is 12.1 Å². The van der Waals surface area contributed by atoms with Crippen LogP contribution < -0.4 is 10.1 Å². The SMILES string of the molecule is COc1cc(CNCCN(C)C2CC2)ccc1O. The number of rotatable bonds is 7. The van der Waals surface area contributed by atoms with E-state index in [2.05, 4.69) is 17.3 Å². The molecule has 1 saturated carbocycles. The molecular weight excluding hydrogens is 228 g/mol. The van der Waals surface area contributed by atoms with Crippen LogP contribution in [0.4, 0.5) is 0 Å². The minimum absolute atomic E-state index is 0.190. The van der Waals surface area contributed by atoms with Crippen LogP contribution in [0.1, 0.15) is 18.4 Å². The summed E-state index contributed by atoms with van der Waals surface area (Å²) < 4.78 is 5.08. The van der Waals surface area contributed by atoms with Gasteiger partial charge in [-0.25, -0.2) is 0 Å². The Kier molecular flexibility index (Phi) is 4.44. The molecule has 18 heavy (non-hydrogen) atoms. The molecule has 0 heterocycles. The standard InChI is InChI=1S/C14H22N2O2/c1-16(12-4-5-12)8-7-15-10-11-3-6-13(17)14(9-11)18-2/h3,6,9,12,15,17H,4-5,7-8,10H2,1-2H3. The van der Waals surface area contributed by atoms with Gasteiger partial charge in [0.15, 0.2) is 11.5 Å². The highest BCUT2D eigenvalue weighted by Gasteiger charge is 2.25. The number of aromatic hydroxyl groups is 1. The Morgan fingerprint density at radius 2 is 2.22 bits per heavy atom. The first kappa shape index (κ1) is 13.2. The van der Waals surface area contributed by atoms with Crippen molar-refractivity contribution in [3.05, 3.63) is 23.8 Å². The van der Waals surface area contributed by atoms with Crippen molar-refractivity contribution in [1.82, 2.24) is 10.2 Å². The van der Waals surface area contributed by atoms with E-state index in [1.165, 1.54) is 12.8 Å². The molecule has 1 fully saturated rings. The molecular formula is C14H22N2O2. The van der Waals surface area contributed by atoms with Gasteiger partial charge in [0.2, 0.25) is 0 Å². The van der Waals surface area contributed by atoms with Crippen molar-refractivity contribution in [3.63, 3.8) is 0 Å². The third-order valence-corrected chi connectivity index (χ3v) is 3.38. The molecule has 2 rings (SSSR count). The zero-order valence-electron chi connectivity index (χ0n) is 11.1. The van der Waals surface area contributed by atoms with Crippen LogP contribution in [0.2, 0.25) is 0 Å². The van der Waals surface area contributed by atoms with Crippen LogP contribution in [0.5, 0.6) is 11.5 Å². The molecule has 0 aliphatic heterocycles. The highest BCUT2D eigenvalue weighted by atomic mass is 16.5. The number of nitrogens with zero attached hydrogens (tertiary/aromatic N) is 1. The number of phenols is 1. The average Bonchev–Trinajstić information content (AvgIpc) is 3.20. The Morgan fingerprint density at radius 1 is 1.44 bits per heavy atom. The van der Waals surface area contributed by atoms with Crippen LogP contribution in [0.25, 0.3) is 0 Å². The number of likely N-dealkylation sites (N-methyl/N-ethyl adjacent to an activating group) is 1. The smallest absolute Gasteiger partial charge is 0.160 e. The molecule has 0 aromatic heterocycles. The van der Waals surface area contributed by atoms with Crippen molar-refractivity contribution in [2.75, 3.05) is 27.2 Å². The molecule has 0 bridgehead atoms. The second kappa shape index (κ2) is 6.07. The van der Waals surface area contributed by atoms with E-state index in [9.17, 15) is 5.11 Å². The molecule has 0 spiro atoms. The summed E-state index contributed by atoms with van der Waals surface area (Å²) in [5, 5.41) is 12.9. The Balaban J connectivity index is 1.72. The summed E-state index contributed by atoms with van der Waals surface area (Å²) in [5.74, 6) is 0.721. The Bertz CT molecular complexity index is 391. The fourth-order valence-electron chi connectivity index (χ4n) is 2.02. The molecule has 0 amide bonds. The zero-order valence-corrected chi connectivity index (χ0v) is 11.1. The zero-order chi connectivity index (χ0) is 13.0. The fraction of sp³-hybridized carbons (Fsp3) is 0.571. The van der Waals surface area contributed by atoms with E-state index in [-0.39, 0.29) is 5.75 Å². The summed E-state index contributed by atoms with van der Waals surface area (Å²) in [7, 11) is 3.75. The van der Waals surface area contributed by atoms with E-state index in [0.29, 0.717) is 5.75 Å². The van der Waals surface area contributed by atoms with Crippen LogP contribution in [0.15, 0.2) is 18.2 Å². The number of methoxy groups -OCH3 is 1. The maximum atomic E-state index is 9.50. The van der Waals surface area contributed by atoms with Crippen LogP contribution in [-0.4, -0.2) is 43.3 Å². The topological polar surface area (TPSA) is 44.7 Å². The minimum Gasteiger partial charge on any atom is -0.504 e. The first-order chi connectivity index (χ1) is 8.70. The van der Waals surface area contributed by atoms with Gasteiger partial charge in [0.1, 0.15) is 0 Å². The molecule has 4 heteroatoms. The molecule has 0 unspecified atom stereocenters. The summed E-state index contributed by atoms with van der Waals surface area (Å²) in [6.07, 6.45) is 2.71. The van der Waals surface area contributed by atoms with Crippen LogP contribution >= 0.6 is 0 Å². The molecule has 1 aromatic carbocycles.